The van der Waals surface area contributed by atoms with Crippen LogP contribution in [-0.2, 0) is 4.79 Å². The van der Waals surface area contributed by atoms with E-state index in [9.17, 15) is 9.18 Å². The maximum Gasteiger partial charge on any atom is 0.263 e. The normalized spacial score (nSPS) is 20.0. The molecule has 1 aliphatic heterocycles. The number of amides is 1. The van der Waals surface area contributed by atoms with E-state index < -0.39 is 6.10 Å². The highest BCUT2D eigenvalue weighted by molar-refractivity contribution is 9.10. The summed E-state index contributed by atoms with van der Waals surface area (Å²) >= 11 is 3.22. The van der Waals surface area contributed by atoms with Crippen LogP contribution in [0, 0.1) is 11.7 Å². The summed E-state index contributed by atoms with van der Waals surface area (Å²) in [6, 6.07) is 4.13. The van der Waals surface area contributed by atoms with Crippen LogP contribution in [0.4, 0.5) is 4.39 Å². The average molecular weight is 345 g/mol. The molecule has 0 radical (unpaired) electrons. The molecule has 1 fully saturated rings. The highest BCUT2D eigenvalue weighted by Crippen LogP contribution is 2.27. The minimum atomic E-state index is -0.603. The fourth-order valence-corrected chi connectivity index (χ4v) is 2.74. The molecule has 2 atom stereocenters. The molecule has 1 amide bonds. The number of rotatable bonds is 4. The number of hydrogen-bond donors (Lipinski definition) is 1. The molecule has 1 aromatic carbocycles. The smallest absolute Gasteiger partial charge is 0.263 e. The molecular formula is C14H18BrFN2O2. The Hall–Kier alpha value is -1.14. The first-order valence-corrected chi connectivity index (χ1v) is 7.41. The summed E-state index contributed by atoms with van der Waals surface area (Å²) in [4.78, 5) is 14.0. The Morgan fingerprint density at radius 2 is 2.40 bits per heavy atom. The summed E-state index contributed by atoms with van der Waals surface area (Å²) in [6.45, 7) is 3.71. The van der Waals surface area contributed by atoms with E-state index in [2.05, 4.69) is 15.9 Å². The molecule has 20 heavy (non-hydrogen) atoms. The number of benzene rings is 1. The Labute approximate surface area is 126 Å². The zero-order chi connectivity index (χ0) is 14.7. The van der Waals surface area contributed by atoms with Crippen LogP contribution >= 0.6 is 15.9 Å². The zero-order valence-electron chi connectivity index (χ0n) is 11.3. The molecule has 1 aromatic rings. The van der Waals surface area contributed by atoms with Crippen molar-refractivity contribution in [2.45, 2.75) is 19.4 Å². The van der Waals surface area contributed by atoms with Crippen molar-refractivity contribution in [3.63, 3.8) is 0 Å². The molecule has 6 heteroatoms. The fraction of sp³-hybridized carbons (Fsp3) is 0.500. The van der Waals surface area contributed by atoms with Gasteiger partial charge in [0.15, 0.2) is 6.10 Å². The number of nitrogens with zero attached hydrogens (tertiary/aromatic N) is 1. The molecule has 2 N–H and O–H groups in total. The maximum atomic E-state index is 13.0. The van der Waals surface area contributed by atoms with Gasteiger partial charge in [0.05, 0.1) is 4.47 Å². The van der Waals surface area contributed by atoms with Gasteiger partial charge in [0.2, 0.25) is 0 Å². The molecule has 1 saturated heterocycles. The van der Waals surface area contributed by atoms with E-state index >= 15 is 0 Å². The fourth-order valence-electron chi connectivity index (χ4n) is 2.29. The highest BCUT2D eigenvalue weighted by Gasteiger charge is 2.29. The summed E-state index contributed by atoms with van der Waals surface area (Å²) in [7, 11) is 0. The van der Waals surface area contributed by atoms with Crippen LogP contribution in [0.3, 0.4) is 0 Å². The number of ether oxygens (including phenoxy) is 1. The van der Waals surface area contributed by atoms with Gasteiger partial charge in [-0.1, -0.05) is 0 Å². The van der Waals surface area contributed by atoms with Crippen molar-refractivity contribution in [2.24, 2.45) is 11.7 Å². The SMILES string of the molecule is C[C@H](Oc1ccc(F)cc1Br)C(=O)N1CC[C@@H](CN)C1. The third-order valence-corrected chi connectivity index (χ3v) is 4.10. The van der Waals surface area contributed by atoms with Gasteiger partial charge >= 0.3 is 0 Å². The molecule has 0 saturated carbocycles. The van der Waals surface area contributed by atoms with Gasteiger partial charge in [-0.3, -0.25) is 4.79 Å². The third kappa shape index (κ3) is 3.49. The number of carbonyl (C=O) groups excluding carboxylic acids is 1. The highest BCUT2D eigenvalue weighted by atomic mass is 79.9. The predicted octanol–water partition coefficient (Wildman–Crippen LogP) is 2.16. The van der Waals surface area contributed by atoms with Gasteiger partial charge < -0.3 is 15.4 Å². The Morgan fingerprint density at radius 3 is 3.00 bits per heavy atom. The summed E-state index contributed by atoms with van der Waals surface area (Å²) < 4.78 is 19.1. The Bertz CT molecular complexity index is 498. The second-order valence-corrected chi connectivity index (χ2v) is 5.86. The van der Waals surface area contributed by atoms with Gasteiger partial charge in [-0.05, 0) is 59.9 Å². The summed E-state index contributed by atoms with van der Waals surface area (Å²) in [5.74, 6) is 0.427. The lowest BCUT2D eigenvalue weighted by molar-refractivity contribution is -0.137. The van der Waals surface area contributed by atoms with Crippen molar-refractivity contribution in [1.29, 1.82) is 0 Å². The molecule has 1 heterocycles. The summed E-state index contributed by atoms with van der Waals surface area (Å²) in [5.41, 5.74) is 5.62. The van der Waals surface area contributed by atoms with Gasteiger partial charge in [-0.2, -0.15) is 0 Å². The van der Waals surface area contributed by atoms with Crippen LogP contribution in [0.5, 0.6) is 5.75 Å². The topological polar surface area (TPSA) is 55.6 Å². The zero-order valence-corrected chi connectivity index (χ0v) is 12.9. The second kappa shape index (κ2) is 6.54. The van der Waals surface area contributed by atoms with E-state index in [-0.39, 0.29) is 11.7 Å². The Kier molecular flexibility index (Phi) is 4.99. The van der Waals surface area contributed by atoms with Gasteiger partial charge in [0.1, 0.15) is 11.6 Å². The molecule has 0 aromatic heterocycles. The van der Waals surface area contributed by atoms with Crippen LogP contribution in [0.2, 0.25) is 0 Å². The van der Waals surface area contributed by atoms with Crippen LogP contribution in [0.1, 0.15) is 13.3 Å². The van der Waals surface area contributed by atoms with Crippen LogP contribution in [0.15, 0.2) is 22.7 Å². The molecule has 2 rings (SSSR count). The van der Waals surface area contributed by atoms with Gasteiger partial charge in [0.25, 0.3) is 5.91 Å². The van der Waals surface area contributed by atoms with Crippen molar-refractivity contribution in [2.75, 3.05) is 19.6 Å². The first-order valence-electron chi connectivity index (χ1n) is 6.62. The lowest BCUT2D eigenvalue weighted by atomic mass is 10.1. The van der Waals surface area contributed by atoms with Crippen molar-refractivity contribution >= 4 is 21.8 Å². The van der Waals surface area contributed by atoms with Crippen molar-refractivity contribution in [3.05, 3.63) is 28.5 Å². The molecule has 0 bridgehead atoms. The number of hydrogen-bond acceptors (Lipinski definition) is 3. The number of nitrogens with two attached hydrogens (primary N) is 1. The molecule has 1 aliphatic rings. The Balaban J connectivity index is 1.97. The van der Waals surface area contributed by atoms with Gasteiger partial charge in [0, 0.05) is 13.1 Å². The minimum absolute atomic E-state index is 0.0582. The van der Waals surface area contributed by atoms with Crippen molar-refractivity contribution in [1.82, 2.24) is 4.90 Å². The molecular weight excluding hydrogens is 327 g/mol. The minimum Gasteiger partial charge on any atom is -0.480 e. The molecule has 0 aliphatic carbocycles. The van der Waals surface area contributed by atoms with Crippen molar-refractivity contribution < 1.29 is 13.9 Å². The third-order valence-electron chi connectivity index (χ3n) is 3.48. The lowest BCUT2D eigenvalue weighted by Crippen LogP contribution is -2.39. The van der Waals surface area contributed by atoms with E-state index in [1.54, 1.807) is 11.8 Å². The molecule has 0 unspecified atom stereocenters. The van der Waals surface area contributed by atoms with Crippen LogP contribution in [0.25, 0.3) is 0 Å². The van der Waals surface area contributed by atoms with Crippen LogP contribution < -0.4 is 10.5 Å². The van der Waals surface area contributed by atoms with E-state index in [4.69, 9.17) is 10.5 Å². The summed E-state index contributed by atoms with van der Waals surface area (Å²) in [6.07, 6.45) is 0.336. The monoisotopic (exact) mass is 344 g/mol. The molecule has 4 nitrogen and oxygen atoms in total. The first kappa shape index (κ1) is 15.3. The van der Waals surface area contributed by atoms with E-state index in [1.807, 2.05) is 0 Å². The van der Waals surface area contributed by atoms with E-state index in [0.29, 0.717) is 29.2 Å². The number of halogens is 2. The number of carbonyl (C=O) groups is 1. The largest absolute Gasteiger partial charge is 0.480 e. The molecule has 110 valence electrons. The van der Waals surface area contributed by atoms with Gasteiger partial charge in [-0.25, -0.2) is 4.39 Å². The van der Waals surface area contributed by atoms with Gasteiger partial charge in [-0.15, -0.1) is 0 Å². The second-order valence-electron chi connectivity index (χ2n) is 5.01. The Morgan fingerprint density at radius 1 is 1.65 bits per heavy atom. The summed E-state index contributed by atoms with van der Waals surface area (Å²) in [5, 5.41) is 0. The van der Waals surface area contributed by atoms with Crippen LogP contribution in [-0.4, -0.2) is 36.5 Å². The quantitative estimate of drug-likeness (QED) is 0.910. The maximum absolute atomic E-state index is 13.0. The van der Waals surface area contributed by atoms with E-state index in [1.165, 1.54) is 18.2 Å². The average Bonchev–Trinajstić information content (AvgIpc) is 2.89. The predicted molar refractivity (Wildman–Crippen MR) is 77.9 cm³/mol. The van der Waals surface area contributed by atoms with E-state index in [0.717, 1.165) is 13.0 Å². The first-order chi connectivity index (χ1) is 9.51. The van der Waals surface area contributed by atoms with Crippen molar-refractivity contribution in [3.8, 4) is 5.75 Å². The standard InChI is InChI=1S/C14H18BrFN2O2/c1-9(14(19)18-5-4-10(7-17)8-18)20-13-3-2-11(16)6-12(13)15/h2-3,6,9-10H,4-5,7-8,17H2,1H3/t9-,10-/m0/s1. The lowest BCUT2D eigenvalue weighted by Gasteiger charge is -2.22. The molecule has 0 spiro atoms. The number of likely N-dealkylation sites (tertiary alicyclic amines) is 1.